The van der Waals surface area contributed by atoms with Gasteiger partial charge in [-0.25, -0.2) is 9.37 Å². The van der Waals surface area contributed by atoms with Crippen molar-refractivity contribution in [2.75, 3.05) is 5.32 Å². The fourth-order valence-corrected chi connectivity index (χ4v) is 2.59. The number of carbonyl (C=O) groups excluding carboxylic acids is 1. The van der Waals surface area contributed by atoms with Crippen molar-refractivity contribution < 1.29 is 9.18 Å². The van der Waals surface area contributed by atoms with E-state index < -0.39 is 5.82 Å². The van der Waals surface area contributed by atoms with Crippen molar-refractivity contribution in [3.8, 4) is 0 Å². The first-order chi connectivity index (χ1) is 10.4. The number of hydrogen-bond donors (Lipinski definition) is 2. The molecule has 0 aliphatic rings. The van der Waals surface area contributed by atoms with Crippen LogP contribution < -0.4 is 11.1 Å². The molecule has 1 heterocycles. The van der Waals surface area contributed by atoms with Crippen molar-refractivity contribution in [3.63, 3.8) is 0 Å². The molecule has 0 bridgehead atoms. The highest BCUT2D eigenvalue weighted by Gasteiger charge is 2.19. The van der Waals surface area contributed by atoms with E-state index in [4.69, 9.17) is 5.73 Å². The standard InChI is InChI=1S/C15H19FN4OS/c1-9(10(2)17)14(21)19-12-8-11(16)4-5-13(12)22-15-18-6-7-20(15)3/h4-10H,17H2,1-3H3,(H,19,21). The molecule has 0 spiro atoms. The number of anilines is 1. The van der Waals surface area contributed by atoms with Crippen LogP contribution in [0.15, 0.2) is 40.6 Å². The quantitative estimate of drug-likeness (QED) is 0.887. The number of aromatic nitrogens is 2. The Kier molecular flexibility index (Phi) is 5.20. The summed E-state index contributed by atoms with van der Waals surface area (Å²) in [4.78, 5) is 17.1. The topological polar surface area (TPSA) is 72.9 Å². The lowest BCUT2D eigenvalue weighted by molar-refractivity contribution is -0.119. The molecule has 2 aromatic rings. The summed E-state index contributed by atoms with van der Waals surface area (Å²) in [5.41, 5.74) is 6.16. The Morgan fingerprint density at radius 2 is 2.18 bits per heavy atom. The first kappa shape index (κ1) is 16.5. The molecule has 0 fully saturated rings. The van der Waals surface area contributed by atoms with Crippen LogP contribution in [0.3, 0.4) is 0 Å². The van der Waals surface area contributed by atoms with Crippen molar-refractivity contribution in [2.24, 2.45) is 18.7 Å². The second-order valence-electron chi connectivity index (χ2n) is 5.20. The Balaban J connectivity index is 2.25. The monoisotopic (exact) mass is 322 g/mol. The van der Waals surface area contributed by atoms with E-state index >= 15 is 0 Å². The third-order valence-corrected chi connectivity index (χ3v) is 4.53. The Hall–Kier alpha value is -1.86. The van der Waals surface area contributed by atoms with Crippen LogP contribution in [0.5, 0.6) is 0 Å². The number of halogens is 1. The van der Waals surface area contributed by atoms with Gasteiger partial charge < -0.3 is 15.6 Å². The van der Waals surface area contributed by atoms with Crippen molar-refractivity contribution >= 4 is 23.4 Å². The van der Waals surface area contributed by atoms with E-state index in [0.717, 1.165) is 10.1 Å². The zero-order chi connectivity index (χ0) is 16.3. The van der Waals surface area contributed by atoms with Gasteiger partial charge in [-0.15, -0.1) is 0 Å². The second-order valence-corrected chi connectivity index (χ2v) is 6.21. The molecule has 2 rings (SSSR count). The van der Waals surface area contributed by atoms with Crippen LogP contribution in [0.25, 0.3) is 0 Å². The predicted molar refractivity (Wildman–Crippen MR) is 85.2 cm³/mol. The normalized spacial score (nSPS) is 13.7. The maximum absolute atomic E-state index is 13.5. The van der Waals surface area contributed by atoms with Crippen molar-refractivity contribution in [1.29, 1.82) is 0 Å². The largest absolute Gasteiger partial charge is 0.329 e. The highest BCUT2D eigenvalue weighted by Crippen LogP contribution is 2.33. The third kappa shape index (κ3) is 3.86. The van der Waals surface area contributed by atoms with E-state index in [2.05, 4.69) is 10.3 Å². The fraction of sp³-hybridized carbons (Fsp3) is 0.333. The van der Waals surface area contributed by atoms with Crippen molar-refractivity contribution in [2.45, 2.75) is 29.9 Å². The fourth-order valence-electron chi connectivity index (χ4n) is 1.72. The highest BCUT2D eigenvalue weighted by molar-refractivity contribution is 7.99. The Labute approximate surface area is 133 Å². The molecule has 0 saturated carbocycles. The molecule has 2 unspecified atom stereocenters. The van der Waals surface area contributed by atoms with Crippen LogP contribution in [0.4, 0.5) is 10.1 Å². The van der Waals surface area contributed by atoms with Crippen molar-refractivity contribution in [1.82, 2.24) is 9.55 Å². The SMILES string of the molecule is CC(N)C(C)C(=O)Nc1cc(F)ccc1Sc1nccn1C. The van der Waals surface area contributed by atoms with E-state index in [9.17, 15) is 9.18 Å². The van der Waals surface area contributed by atoms with Crippen LogP contribution >= 0.6 is 11.8 Å². The van der Waals surface area contributed by atoms with Gasteiger partial charge in [0, 0.05) is 30.4 Å². The lowest BCUT2D eigenvalue weighted by Crippen LogP contribution is -2.34. The minimum atomic E-state index is -0.409. The Morgan fingerprint density at radius 3 is 2.77 bits per heavy atom. The molecule has 0 aliphatic heterocycles. The summed E-state index contributed by atoms with van der Waals surface area (Å²) < 4.78 is 15.4. The molecule has 22 heavy (non-hydrogen) atoms. The van der Waals surface area contributed by atoms with E-state index in [1.807, 2.05) is 17.8 Å². The van der Waals surface area contributed by atoms with Crippen LogP contribution in [0.2, 0.25) is 0 Å². The second kappa shape index (κ2) is 6.93. The average molecular weight is 322 g/mol. The van der Waals surface area contributed by atoms with Gasteiger partial charge >= 0.3 is 0 Å². The highest BCUT2D eigenvalue weighted by atomic mass is 32.2. The maximum atomic E-state index is 13.5. The molecule has 2 atom stereocenters. The van der Waals surface area contributed by atoms with Gasteiger partial charge in [0.1, 0.15) is 5.82 Å². The summed E-state index contributed by atoms with van der Waals surface area (Å²) in [5, 5.41) is 3.50. The number of hydrogen-bond acceptors (Lipinski definition) is 4. The zero-order valence-corrected chi connectivity index (χ0v) is 13.5. The van der Waals surface area contributed by atoms with Crippen molar-refractivity contribution in [3.05, 3.63) is 36.4 Å². The molecule has 0 aliphatic carbocycles. The molecule has 0 saturated heterocycles. The summed E-state index contributed by atoms with van der Waals surface area (Å²) in [6.45, 7) is 3.50. The smallest absolute Gasteiger partial charge is 0.228 e. The van der Waals surface area contributed by atoms with Crippen LogP contribution in [0, 0.1) is 11.7 Å². The number of imidazole rings is 1. The maximum Gasteiger partial charge on any atom is 0.228 e. The van der Waals surface area contributed by atoms with Gasteiger partial charge in [-0.05, 0) is 36.9 Å². The molecule has 5 nitrogen and oxygen atoms in total. The van der Waals surface area contributed by atoms with Gasteiger partial charge in [-0.2, -0.15) is 0 Å². The number of carbonyl (C=O) groups is 1. The van der Waals surface area contributed by atoms with Gasteiger partial charge in [0.2, 0.25) is 5.91 Å². The van der Waals surface area contributed by atoms with E-state index in [-0.39, 0.29) is 17.9 Å². The summed E-state index contributed by atoms with van der Waals surface area (Å²) in [5.74, 6) is -1.01. The van der Waals surface area contributed by atoms with E-state index in [1.54, 1.807) is 26.1 Å². The third-order valence-electron chi connectivity index (χ3n) is 3.38. The number of nitrogens with one attached hydrogen (secondary N) is 1. The minimum absolute atomic E-state index is 0.234. The molecule has 1 aromatic heterocycles. The summed E-state index contributed by atoms with van der Waals surface area (Å²) in [6, 6.07) is 4.01. The summed E-state index contributed by atoms with van der Waals surface area (Å²) in [7, 11) is 1.87. The van der Waals surface area contributed by atoms with Gasteiger partial charge in [0.15, 0.2) is 5.16 Å². The van der Waals surface area contributed by atoms with Crippen LogP contribution in [-0.2, 0) is 11.8 Å². The first-order valence-electron chi connectivity index (χ1n) is 6.89. The zero-order valence-electron chi connectivity index (χ0n) is 12.7. The number of rotatable bonds is 5. The van der Waals surface area contributed by atoms with Gasteiger partial charge in [0.05, 0.1) is 11.6 Å². The Morgan fingerprint density at radius 1 is 1.45 bits per heavy atom. The predicted octanol–water partition coefficient (Wildman–Crippen LogP) is 2.63. The molecule has 1 aromatic carbocycles. The lowest BCUT2D eigenvalue weighted by Gasteiger charge is -2.17. The van der Waals surface area contributed by atoms with Gasteiger partial charge in [-0.1, -0.05) is 6.92 Å². The molecule has 0 radical (unpaired) electrons. The number of aryl methyl sites for hydroxylation is 1. The summed E-state index contributed by atoms with van der Waals surface area (Å²) in [6.07, 6.45) is 3.50. The summed E-state index contributed by atoms with van der Waals surface area (Å²) >= 11 is 1.36. The molecule has 7 heteroatoms. The van der Waals surface area contributed by atoms with Gasteiger partial charge in [0.25, 0.3) is 0 Å². The molecule has 118 valence electrons. The molecular formula is C15H19FN4OS. The molecule has 3 N–H and O–H groups in total. The van der Waals surface area contributed by atoms with Crippen LogP contribution in [0.1, 0.15) is 13.8 Å². The minimum Gasteiger partial charge on any atom is -0.329 e. The molecule has 1 amide bonds. The van der Waals surface area contributed by atoms with E-state index in [1.165, 1.54) is 23.9 Å². The molecular weight excluding hydrogens is 303 g/mol. The van der Waals surface area contributed by atoms with Gasteiger partial charge in [-0.3, -0.25) is 4.79 Å². The number of benzene rings is 1. The lowest BCUT2D eigenvalue weighted by atomic mass is 10.0. The Bertz CT molecular complexity index is 671. The number of amides is 1. The number of nitrogens with zero attached hydrogens (tertiary/aromatic N) is 2. The van der Waals surface area contributed by atoms with Crippen LogP contribution in [-0.4, -0.2) is 21.5 Å². The average Bonchev–Trinajstić information content (AvgIpc) is 2.86. The number of nitrogens with two attached hydrogens (primary N) is 1. The first-order valence-corrected chi connectivity index (χ1v) is 7.71. The van der Waals surface area contributed by atoms with E-state index in [0.29, 0.717) is 5.69 Å².